The molecule has 2 N–H and O–H groups in total. The number of aromatic nitrogens is 2. The number of hydrogen-bond donors (Lipinski definition) is 1. The third-order valence-electron chi connectivity index (χ3n) is 4.18. The molecule has 0 saturated carbocycles. The zero-order valence-electron chi connectivity index (χ0n) is 15.5. The highest BCUT2D eigenvalue weighted by Gasteiger charge is 2.17. The van der Waals surface area contributed by atoms with E-state index in [2.05, 4.69) is 23.8 Å². The molecule has 0 atom stereocenters. The van der Waals surface area contributed by atoms with E-state index in [1.54, 1.807) is 13.2 Å². The van der Waals surface area contributed by atoms with Crippen LogP contribution in [0.2, 0.25) is 0 Å². The maximum atomic E-state index is 11.7. The Morgan fingerprint density at radius 3 is 2.40 bits per heavy atom. The van der Waals surface area contributed by atoms with Crippen molar-refractivity contribution >= 4 is 11.9 Å². The number of carbonyl (C=O) groups is 1. The molecular weight excluding hydrogens is 316 g/mol. The molecule has 6 nitrogen and oxygen atoms in total. The van der Waals surface area contributed by atoms with Gasteiger partial charge in [0.05, 0.1) is 12.8 Å². The van der Waals surface area contributed by atoms with Crippen LogP contribution < -0.4 is 15.4 Å². The fourth-order valence-electron chi connectivity index (χ4n) is 2.63. The van der Waals surface area contributed by atoms with Gasteiger partial charge in [-0.3, -0.25) is 4.79 Å². The van der Waals surface area contributed by atoms with Gasteiger partial charge in [-0.25, -0.2) is 9.97 Å². The predicted molar refractivity (Wildman–Crippen MR) is 100 cm³/mol. The molecule has 1 heterocycles. The maximum Gasteiger partial charge on any atom is 0.267 e. The second kappa shape index (κ2) is 7.96. The van der Waals surface area contributed by atoms with Gasteiger partial charge < -0.3 is 15.4 Å². The summed E-state index contributed by atoms with van der Waals surface area (Å²) < 4.78 is 5.50. The fourth-order valence-corrected chi connectivity index (χ4v) is 2.63. The van der Waals surface area contributed by atoms with Gasteiger partial charge in [0.15, 0.2) is 0 Å². The Hall–Kier alpha value is -2.63. The van der Waals surface area contributed by atoms with Crippen molar-refractivity contribution in [1.82, 2.24) is 9.97 Å². The average molecular weight is 342 g/mol. The number of nitrogens with zero attached hydrogens (tertiary/aromatic N) is 3. The van der Waals surface area contributed by atoms with E-state index in [-0.39, 0.29) is 5.69 Å². The van der Waals surface area contributed by atoms with E-state index in [0.717, 1.165) is 18.7 Å². The summed E-state index contributed by atoms with van der Waals surface area (Å²) in [5.74, 6) is 0.984. The molecule has 0 aliphatic rings. The minimum Gasteiger partial charge on any atom is -0.496 e. The van der Waals surface area contributed by atoms with Gasteiger partial charge in [0.2, 0.25) is 5.95 Å². The molecule has 2 rings (SSSR count). The Bertz CT molecular complexity index is 755. The summed E-state index contributed by atoms with van der Waals surface area (Å²) in [6, 6.07) is 7.63. The number of amides is 1. The lowest BCUT2D eigenvalue weighted by atomic mass is 9.98. The first-order chi connectivity index (χ1) is 11.9. The maximum absolute atomic E-state index is 11.7. The molecule has 0 radical (unpaired) electrons. The highest BCUT2D eigenvalue weighted by atomic mass is 16.5. The van der Waals surface area contributed by atoms with Crippen molar-refractivity contribution in [2.24, 2.45) is 5.73 Å². The van der Waals surface area contributed by atoms with Crippen molar-refractivity contribution in [1.29, 1.82) is 0 Å². The number of nitrogens with two attached hydrogens (primary N) is 1. The summed E-state index contributed by atoms with van der Waals surface area (Å²) in [4.78, 5) is 22.7. The summed E-state index contributed by atoms with van der Waals surface area (Å²) in [5, 5.41) is 0. The van der Waals surface area contributed by atoms with Crippen LogP contribution in [-0.2, 0) is 0 Å². The first-order valence-electron chi connectivity index (χ1n) is 8.53. The molecule has 0 bridgehead atoms. The van der Waals surface area contributed by atoms with Gasteiger partial charge in [-0.15, -0.1) is 0 Å². The summed E-state index contributed by atoms with van der Waals surface area (Å²) in [6.45, 7) is 9.76. The van der Waals surface area contributed by atoms with Gasteiger partial charge in [0.25, 0.3) is 5.91 Å². The molecule has 0 saturated heterocycles. The van der Waals surface area contributed by atoms with Gasteiger partial charge in [-0.1, -0.05) is 19.9 Å². The second-order valence-electron chi connectivity index (χ2n) is 6.09. The monoisotopic (exact) mass is 342 g/mol. The molecule has 1 aromatic heterocycles. The second-order valence-corrected chi connectivity index (χ2v) is 6.09. The Morgan fingerprint density at radius 2 is 1.88 bits per heavy atom. The highest BCUT2D eigenvalue weighted by molar-refractivity contribution is 5.92. The number of anilines is 1. The molecule has 134 valence electrons. The van der Waals surface area contributed by atoms with E-state index in [9.17, 15) is 4.79 Å². The number of carbonyl (C=O) groups excluding carboxylic acids is 1. The van der Waals surface area contributed by atoms with Crippen molar-refractivity contribution in [2.75, 3.05) is 25.1 Å². The van der Waals surface area contributed by atoms with Crippen LogP contribution in [0.4, 0.5) is 5.95 Å². The highest BCUT2D eigenvalue weighted by Crippen LogP contribution is 2.33. The third-order valence-corrected chi connectivity index (χ3v) is 4.18. The summed E-state index contributed by atoms with van der Waals surface area (Å²) in [7, 11) is 1.62. The van der Waals surface area contributed by atoms with E-state index in [1.807, 2.05) is 36.9 Å². The first-order valence-corrected chi connectivity index (χ1v) is 8.53. The minimum absolute atomic E-state index is 0.198. The minimum atomic E-state index is -0.573. The Balaban J connectivity index is 2.69. The summed E-state index contributed by atoms with van der Waals surface area (Å²) in [5.41, 5.74) is 8.30. The molecule has 6 heteroatoms. The van der Waals surface area contributed by atoms with E-state index in [0.29, 0.717) is 23.3 Å². The lowest BCUT2D eigenvalue weighted by molar-refractivity contribution is 0.0995. The normalized spacial score (nSPS) is 10.8. The van der Waals surface area contributed by atoms with E-state index in [1.165, 1.54) is 5.56 Å². The van der Waals surface area contributed by atoms with Crippen LogP contribution in [0.5, 0.6) is 5.75 Å². The van der Waals surface area contributed by atoms with Crippen LogP contribution in [0.3, 0.4) is 0 Å². The lowest BCUT2D eigenvalue weighted by Gasteiger charge is -2.20. The number of primary amides is 1. The van der Waals surface area contributed by atoms with Crippen LogP contribution in [0.25, 0.3) is 11.3 Å². The predicted octanol–water partition coefficient (Wildman–Crippen LogP) is 3.22. The zero-order chi connectivity index (χ0) is 18.6. The molecule has 25 heavy (non-hydrogen) atoms. The van der Waals surface area contributed by atoms with Gasteiger partial charge in [0, 0.05) is 18.7 Å². The molecular formula is C19H26N4O2. The van der Waals surface area contributed by atoms with E-state index in [4.69, 9.17) is 10.5 Å². The van der Waals surface area contributed by atoms with Gasteiger partial charge >= 0.3 is 0 Å². The molecule has 0 spiro atoms. The quantitative estimate of drug-likeness (QED) is 0.835. The van der Waals surface area contributed by atoms with Crippen LogP contribution in [-0.4, -0.2) is 36.1 Å². The number of rotatable bonds is 7. The molecule has 2 aromatic rings. The van der Waals surface area contributed by atoms with Crippen LogP contribution in [0, 0.1) is 0 Å². The van der Waals surface area contributed by atoms with Crippen molar-refractivity contribution in [3.8, 4) is 17.0 Å². The van der Waals surface area contributed by atoms with Gasteiger partial charge in [-0.05, 0) is 43.5 Å². The van der Waals surface area contributed by atoms with Crippen LogP contribution in [0.15, 0.2) is 24.3 Å². The Morgan fingerprint density at radius 1 is 1.20 bits per heavy atom. The lowest BCUT2D eigenvalue weighted by Crippen LogP contribution is -2.26. The standard InChI is InChI=1S/C19H26N4O2/c1-6-23(7-2)19-21-15(11-16(22-19)18(20)24)14-10-13(12(3)4)8-9-17(14)25-5/h8-12H,6-7H2,1-5H3,(H2,20,24). The van der Waals surface area contributed by atoms with E-state index < -0.39 is 5.91 Å². The summed E-state index contributed by atoms with van der Waals surface area (Å²) in [6.07, 6.45) is 0. The van der Waals surface area contributed by atoms with Crippen molar-refractivity contribution in [3.05, 3.63) is 35.5 Å². The molecule has 1 aromatic carbocycles. The molecule has 0 aliphatic heterocycles. The zero-order valence-corrected chi connectivity index (χ0v) is 15.5. The third kappa shape index (κ3) is 4.07. The van der Waals surface area contributed by atoms with Gasteiger partial charge in [0.1, 0.15) is 11.4 Å². The number of methoxy groups -OCH3 is 1. The van der Waals surface area contributed by atoms with Crippen molar-refractivity contribution < 1.29 is 9.53 Å². The Kier molecular flexibility index (Phi) is 5.96. The Labute approximate surface area is 149 Å². The van der Waals surface area contributed by atoms with Crippen molar-refractivity contribution in [3.63, 3.8) is 0 Å². The molecule has 1 amide bonds. The van der Waals surface area contributed by atoms with Gasteiger partial charge in [-0.2, -0.15) is 0 Å². The van der Waals surface area contributed by atoms with E-state index >= 15 is 0 Å². The molecule has 0 aliphatic carbocycles. The number of benzene rings is 1. The number of hydrogen-bond acceptors (Lipinski definition) is 5. The SMILES string of the molecule is CCN(CC)c1nc(C(N)=O)cc(-c2cc(C(C)C)ccc2OC)n1. The topological polar surface area (TPSA) is 81.3 Å². The smallest absolute Gasteiger partial charge is 0.267 e. The number of ether oxygens (including phenoxy) is 1. The van der Waals surface area contributed by atoms with Crippen LogP contribution in [0.1, 0.15) is 49.7 Å². The average Bonchev–Trinajstić information content (AvgIpc) is 2.61. The van der Waals surface area contributed by atoms with Crippen molar-refractivity contribution in [2.45, 2.75) is 33.6 Å². The summed E-state index contributed by atoms with van der Waals surface area (Å²) >= 11 is 0. The molecule has 0 unspecified atom stereocenters. The fraction of sp³-hybridized carbons (Fsp3) is 0.421. The first kappa shape index (κ1) is 18.7. The largest absolute Gasteiger partial charge is 0.496 e. The molecule has 0 fully saturated rings. The van der Waals surface area contributed by atoms with Crippen LogP contribution >= 0.6 is 0 Å².